The minimum absolute atomic E-state index is 0.0146. The number of hydrogen-bond donors (Lipinski definition) is 0. The molecule has 0 aromatic rings. The Labute approximate surface area is 132 Å². The van der Waals surface area contributed by atoms with Crippen LogP contribution in [-0.2, 0) is 19.6 Å². The number of rotatable bonds is 3. The predicted molar refractivity (Wildman–Crippen MR) is 82.8 cm³/mol. The van der Waals surface area contributed by atoms with Gasteiger partial charge in [0, 0.05) is 38.5 Å². The Hall–Kier alpha value is -0.660. The number of hydrogen-bond acceptors (Lipinski definition) is 4. The van der Waals surface area contributed by atoms with Crippen LogP contribution < -0.4 is 0 Å². The second-order valence-corrected chi connectivity index (χ2v) is 8.93. The van der Waals surface area contributed by atoms with Crippen LogP contribution in [-0.4, -0.2) is 68.7 Å². The van der Waals surface area contributed by atoms with Gasteiger partial charge >= 0.3 is 0 Å². The minimum Gasteiger partial charge on any atom is -0.375 e. The van der Waals surface area contributed by atoms with Gasteiger partial charge in [0.1, 0.15) is 0 Å². The van der Waals surface area contributed by atoms with Crippen molar-refractivity contribution in [1.29, 1.82) is 0 Å². The van der Waals surface area contributed by atoms with E-state index in [2.05, 4.69) is 0 Å². The van der Waals surface area contributed by atoms with Gasteiger partial charge in [0.15, 0.2) is 0 Å². The van der Waals surface area contributed by atoms with Crippen LogP contribution in [0.2, 0.25) is 0 Å². The van der Waals surface area contributed by atoms with E-state index < -0.39 is 10.0 Å². The summed E-state index contributed by atoms with van der Waals surface area (Å²) in [6, 6.07) is 0. The zero-order valence-electron chi connectivity index (χ0n) is 13.2. The van der Waals surface area contributed by atoms with Gasteiger partial charge in [-0.15, -0.1) is 0 Å². The van der Waals surface area contributed by atoms with Crippen LogP contribution in [0.1, 0.15) is 32.1 Å². The smallest absolute Gasteiger partial charge is 0.222 e. The highest BCUT2D eigenvalue weighted by molar-refractivity contribution is 7.88. The quantitative estimate of drug-likeness (QED) is 0.763. The summed E-state index contributed by atoms with van der Waals surface area (Å²) in [6.45, 7) is 2.55. The second kappa shape index (κ2) is 6.45. The van der Waals surface area contributed by atoms with E-state index in [-0.39, 0.29) is 17.9 Å². The van der Waals surface area contributed by atoms with E-state index in [4.69, 9.17) is 4.74 Å². The lowest BCUT2D eigenvalue weighted by molar-refractivity contribution is -0.131. The van der Waals surface area contributed by atoms with Crippen molar-refractivity contribution in [3.8, 4) is 0 Å². The number of ether oxygens (including phenoxy) is 1. The van der Waals surface area contributed by atoms with Crippen molar-refractivity contribution >= 4 is 15.9 Å². The number of carbonyl (C=O) groups is 1. The molecule has 2 saturated heterocycles. The largest absolute Gasteiger partial charge is 0.375 e. The SMILES string of the molecule is CS(=O)(=O)N1CCO[C@@H]2CN(C(=O)CC3CCCC3)C[C@@H]2C1. The van der Waals surface area contributed by atoms with Crippen molar-refractivity contribution in [3.05, 3.63) is 0 Å². The van der Waals surface area contributed by atoms with E-state index in [1.165, 1.54) is 36.2 Å². The minimum atomic E-state index is -3.19. The first-order valence-corrected chi connectivity index (χ1v) is 10.1. The molecule has 2 atom stereocenters. The Balaban J connectivity index is 1.59. The summed E-state index contributed by atoms with van der Waals surface area (Å²) in [7, 11) is -3.19. The second-order valence-electron chi connectivity index (χ2n) is 6.94. The molecule has 0 bridgehead atoms. The van der Waals surface area contributed by atoms with E-state index in [1.54, 1.807) is 0 Å². The molecule has 1 saturated carbocycles. The predicted octanol–water partition coefficient (Wildman–Crippen LogP) is 0.685. The van der Waals surface area contributed by atoms with E-state index in [1.807, 2.05) is 4.90 Å². The molecule has 0 radical (unpaired) electrons. The molecule has 1 aliphatic carbocycles. The molecule has 3 rings (SSSR count). The molecule has 0 unspecified atom stereocenters. The highest BCUT2D eigenvalue weighted by atomic mass is 32.2. The van der Waals surface area contributed by atoms with Crippen molar-refractivity contribution < 1.29 is 17.9 Å². The fourth-order valence-electron chi connectivity index (χ4n) is 3.96. The van der Waals surface area contributed by atoms with Crippen molar-refractivity contribution in [3.63, 3.8) is 0 Å². The van der Waals surface area contributed by atoms with Crippen molar-refractivity contribution in [2.24, 2.45) is 11.8 Å². The van der Waals surface area contributed by atoms with Crippen LogP contribution >= 0.6 is 0 Å². The molecule has 0 aromatic heterocycles. The lowest BCUT2D eigenvalue weighted by Crippen LogP contribution is -2.37. The Kier molecular flexibility index (Phi) is 4.75. The van der Waals surface area contributed by atoms with Gasteiger partial charge in [-0.1, -0.05) is 12.8 Å². The third-order valence-corrected chi connectivity index (χ3v) is 6.52. The Morgan fingerprint density at radius 1 is 1.18 bits per heavy atom. The standard InChI is InChI=1S/C15H26N2O4S/c1-22(19,20)17-6-7-21-14-11-16(9-13(14)10-17)15(18)8-12-4-2-3-5-12/h12-14H,2-11H2,1H3/t13-,14-/m1/s1. The van der Waals surface area contributed by atoms with Crippen molar-refractivity contribution in [2.45, 2.75) is 38.2 Å². The Morgan fingerprint density at radius 3 is 2.59 bits per heavy atom. The van der Waals surface area contributed by atoms with Gasteiger partial charge in [-0.2, -0.15) is 4.31 Å². The molecular formula is C15H26N2O4S. The summed E-state index contributed by atoms with van der Waals surface area (Å²) in [5, 5.41) is 0. The van der Waals surface area contributed by atoms with Gasteiger partial charge in [-0.3, -0.25) is 4.79 Å². The molecule has 0 aromatic carbocycles. The molecule has 126 valence electrons. The summed E-state index contributed by atoms with van der Waals surface area (Å²) in [5.74, 6) is 0.866. The van der Waals surface area contributed by atoms with Crippen LogP contribution in [0.15, 0.2) is 0 Å². The summed E-state index contributed by atoms with van der Waals surface area (Å²) in [4.78, 5) is 14.3. The average Bonchev–Trinajstić information content (AvgIpc) is 3.03. The van der Waals surface area contributed by atoms with Gasteiger partial charge in [-0.05, 0) is 18.8 Å². The van der Waals surface area contributed by atoms with Crippen LogP contribution in [0.25, 0.3) is 0 Å². The first-order valence-electron chi connectivity index (χ1n) is 8.28. The molecule has 7 heteroatoms. The maximum absolute atomic E-state index is 12.4. The third kappa shape index (κ3) is 3.63. The molecule has 3 aliphatic rings. The van der Waals surface area contributed by atoms with Crippen LogP contribution in [0.4, 0.5) is 0 Å². The highest BCUT2D eigenvalue weighted by Gasteiger charge is 2.40. The number of amides is 1. The summed E-state index contributed by atoms with van der Waals surface area (Å²) in [5.41, 5.74) is 0. The van der Waals surface area contributed by atoms with E-state index in [0.29, 0.717) is 45.1 Å². The molecule has 0 N–H and O–H groups in total. The zero-order valence-corrected chi connectivity index (χ0v) is 14.1. The molecule has 2 aliphatic heterocycles. The maximum Gasteiger partial charge on any atom is 0.222 e. The van der Waals surface area contributed by atoms with Gasteiger partial charge < -0.3 is 9.64 Å². The first-order chi connectivity index (χ1) is 10.4. The lowest BCUT2D eigenvalue weighted by atomic mass is 10.0. The molecule has 0 spiro atoms. The number of likely N-dealkylation sites (tertiary alicyclic amines) is 1. The molecule has 6 nitrogen and oxygen atoms in total. The summed E-state index contributed by atoms with van der Waals surface area (Å²) < 4.78 is 30.8. The molecule has 22 heavy (non-hydrogen) atoms. The third-order valence-electron chi connectivity index (χ3n) is 5.25. The van der Waals surface area contributed by atoms with Crippen LogP contribution in [0.5, 0.6) is 0 Å². The first kappa shape index (κ1) is 16.2. The molecule has 1 amide bonds. The Morgan fingerprint density at radius 2 is 1.91 bits per heavy atom. The van der Waals surface area contributed by atoms with Crippen LogP contribution in [0, 0.1) is 11.8 Å². The number of fused-ring (bicyclic) bond motifs is 1. The number of nitrogens with zero attached hydrogens (tertiary/aromatic N) is 2. The van der Waals surface area contributed by atoms with Gasteiger partial charge in [0.05, 0.1) is 19.0 Å². The molecule has 3 fully saturated rings. The highest BCUT2D eigenvalue weighted by Crippen LogP contribution is 2.30. The number of carbonyl (C=O) groups excluding carboxylic acids is 1. The van der Waals surface area contributed by atoms with E-state index in [9.17, 15) is 13.2 Å². The Bertz CT molecular complexity index is 516. The van der Waals surface area contributed by atoms with Crippen molar-refractivity contribution in [1.82, 2.24) is 9.21 Å². The van der Waals surface area contributed by atoms with Gasteiger partial charge in [-0.25, -0.2) is 8.42 Å². The maximum atomic E-state index is 12.4. The molecule has 2 heterocycles. The normalized spacial score (nSPS) is 31.2. The molecular weight excluding hydrogens is 304 g/mol. The topological polar surface area (TPSA) is 66.9 Å². The summed E-state index contributed by atoms with van der Waals surface area (Å²) >= 11 is 0. The van der Waals surface area contributed by atoms with Gasteiger partial charge in [0.25, 0.3) is 0 Å². The monoisotopic (exact) mass is 330 g/mol. The summed E-state index contributed by atoms with van der Waals surface area (Å²) in [6.07, 6.45) is 6.71. The van der Waals surface area contributed by atoms with Crippen molar-refractivity contribution in [2.75, 3.05) is 39.0 Å². The van der Waals surface area contributed by atoms with E-state index in [0.717, 1.165) is 0 Å². The average molecular weight is 330 g/mol. The zero-order chi connectivity index (χ0) is 15.7. The van der Waals surface area contributed by atoms with E-state index >= 15 is 0 Å². The fraction of sp³-hybridized carbons (Fsp3) is 0.933. The fourth-order valence-corrected chi connectivity index (χ4v) is 4.83. The lowest BCUT2D eigenvalue weighted by Gasteiger charge is -2.22. The van der Waals surface area contributed by atoms with Gasteiger partial charge in [0.2, 0.25) is 15.9 Å². The number of sulfonamides is 1. The van der Waals surface area contributed by atoms with Crippen LogP contribution in [0.3, 0.4) is 0 Å².